The second-order valence-electron chi connectivity index (χ2n) is 7.60. The van der Waals surface area contributed by atoms with Crippen molar-refractivity contribution in [3.05, 3.63) is 53.5 Å². The fourth-order valence-electron chi connectivity index (χ4n) is 2.66. The fraction of sp³-hybridized carbons (Fsp3) is 0.500. The number of furan rings is 1. The summed E-state index contributed by atoms with van der Waals surface area (Å²) < 4.78 is 10.9. The molecule has 9 heteroatoms. The third-order valence-corrected chi connectivity index (χ3v) is 5.67. The Morgan fingerprint density at radius 2 is 1.97 bits per heavy atom. The second-order valence-corrected chi connectivity index (χ2v) is 9.12. The van der Waals surface area contributed by atoms with E-state index in [-0.39, 0.29) is 36.9 Å². The fourth-order valence-corrected chi connectivity index (χ4v) is 2.84. The maximum Gasteiger partial charge on any atom is 0.252 e. The van der Waals surface area contributed by atoms with E-state index in [4.69, 9.17) is 14.9 Å². The van der Waals surface area contributed by atoms with Gasteiger partial charge in [0.25, 0.3) is 5.91 Å². The lowest BCUT2D eigenvalue weighted by molar-refractivity contribution is -0.120. The van der Waals surface area contributed by atoms with E-state index in [1.807, 2.05) is 37.7 Å². The number of nitrogens with two attached hydrogens (primary N) is 1. The van der Waals surface area contributed by atoms with Crippen LogP contribution in [0.1, 0.15) is 54.8 Å². The van der Waals surface area contributed by atoms with Gasteiger partial charge >= 0.3 is 0 Å². The lowest BCUT2D eigenvalue weighted by atomic mass is 9.96. The summed E-state index contributed by atoms with van der Waals surface area (Å²) in [7, 11) is 0. The number of carbonyl (C=O) groups excluding carboxylic acids is 2. The number of hydrogen-bond acceptors (Lipinski definition) is 7. The first-order chi connectivity index (χ1) is 15.8. The Kier molecular flexibility index (Phi) is 14.5. The monoisotopic (exact) mass is 495 g/mol. The highest BCUT2D eigenvalue weighted by Gasteiger charge is 2.16. The molecule has 2 aromatic rings. The summed E-state index contributed by atoms with van der Waals surface area (Å²) in [5.41, 5.74) is 7.22. The standard InChI is InChI=1S/C21H29N3O4S.C3H8S/c1-14(2)18-6-5-16(28-9-7-15(22)13-29)10-19(18)21(26)24-12-20(25)23-11-17-4-3-8-27-17;1-3-4-2/h3-6,8,10,14-15,29H,7,9,11-13,22H2,1-2H3,(H,23,25)(H,24,26);3H2,1-2H3. The number of nitrogens with one attached hydrogen (secondary N) is 2. The van der Waals surface area contributed by atoms with Crippen LogP contribution >= 0.6 is 24.4 Å². The zero-order valence-corrected chi connectivity index (χ0v) is 21.6. The van der Waals surface area contributed by atoms with Crippen LogP contribution in [0.25, 0.3) is 0 Å². The largest absolute Gasteiger partial charge is 0.494 e. The molecule has 0 aliphatic heterocycles. The average molecular weight is 496 g/mol. The van der Waals surface area contributed by atoms with Gasteiger partial charge in [0.15, 0.2) is 0 Å². The van der Waals surface area contributed by atoms with Crippen LogP contribution < -0.4 is 21.1 Å². The number of benzene rings is 1. The van der Waals surface area contributed by atoms with Gasteiger partial charge in [-0.25, -0.2) is 0 Å². The summed E-state index contributed by atoms with van der Waals surface area (Å²) in [6, 6.07) is 8.91. The van der Waals surface area contributed by atoms with E-state index >= 15 is 0 Å². The molecule has 1 unspecified atom stereocenters. The van der Waals surface area contributed by atoms with Crippen LogP contribution in [0.2, 0.25) is 0 Å². The van der Waals surface area contributed by atoms with Gasteiger partial charge in [0.05, 0.1) is 26.0 Å². The van der Waals surface area contributed by atoms with Crippen LogP contribution in [0.4, 0.5) is 0 Å². The molecule has 7 nitrogen and oxygen atoms in total. The molecule has 0 saturated carbocycles. The highest BCUT2D eigenvalue weighted by atomic mass is 32.2. The summed E-state index contributed by atoms with van der Waals surface area (Å²) >= 11 is 6.01. The molecule has 2 rings (SSSR count). The molecule has 0 aliphatic carbocycles. The Morgan fingerprint density at radius 3 is 2.55 bits per heavy atom. The van der Waals surface area contributed by atoms with Gasteiger partial charge in [-0.05, 0) is 54.2 Å². The molecular weight excluding hydrogens is 458 g/mol. The number of thioether (sulfide) groups is 1. The van der Waals surface area contributed by atoms with Gasteiger partial charge in [-0.1, -0.05) is 26.8 Å². The van der Waals surface area contributed by atoms with Crippen LogP contribution in [0.3, 0.4) is 0 Å². The molecule has 0 radical (unpaired) electrons. The predicted molar refractivity (Wildman–Crippen MR) is 139 cm³/mol. The van der Waals surface area contributed by atoms with Gasteiger partial charge in [0.2, 0.25) is 5.91 Å². The van der Waals surface area contributed by atoms with Crippen LogP contribution in [-0.4, -0.2) is 48.8 Å². The first kappa shape index (κ1) is 28.9. The average Bonchev–Trinajstić information content (AvgIpc) is 3.34. The van der Waals surface area contributed by atoms with Crippen LogP contribution in [0.15, 0.2) is 41.0 Å². The summed E-state index contributed by atoms with van der Waals surface area (Å²) in [6.45, 7) is 6.75. The molecule has 1 heterocycles. The summed E-state index contributed by atoms with van der Waals surface area (Å²) in [6.07, 6.45) is 4.31. The molecule has 1 aromatic heterocycles. The Bertz CT molecular complexity index is 827. The quantitative estimate of drug-likeness (QED) is 0.333. The van der Waals surface area contributed by atoms with E-state index in [9.17, 15) is 9.59 Å². The molecule has 0 aliphatic rings. The van der Waals surface area contributed by atoms with Gasteiger partial charge in [0.1, 0.15) is 11.5 Å². The van der Waals surface area contributed by atoms with E-state index < -0.39 is 0 Å². The summed E-state index contributed by atoms with van der Waals surface area (Å²) in [4.78, 5) is 24.7. The first-order valence-corrected chi connectivity index (χ1v) is 13.0. The summed E-state index contributed by atoms with van der Waals surface area (Å²) in [5.74, 6) is 2.59. The maximum absolute atomic E-state index is 12.7. The Balaban J connectivity index is 0.00000125. The van der Waals surface area contributed by atoms with Gasteiger partial charge < -0.3 is 25.5 Å². The van der Waals surface area contributed by atoms with Crippen LogP contribution in [0.5, 0.6) is 5.75 Å². The van der Waals surface area contributed by atoms with Gasteiger partial charge in [0, 0.05) is 17.4 Å². The highest BCUT2D eigenvalue weighted by Crippen LogP contribution is 2.24. The number of amides is 2. The molecular formula is C24H37N3O4S2. The van der Waals surface area contributed by atoms with Crippen molar-refractivity contribution < 1.29 is 18.7 Å². The van der Waals surface area contributed by atoms with E-state index in [0.29, 0.717) is 35.9 Å². The summed E-state index contributed by atoms with van der Waals surface area (Å²) in [5, 5.41) is 5.36. The third kappa shape index (κ3) is 11.5. The van der Waals surface area contributed by atoms with Crippen molar-refractivity contribution in [3.8, 4) is 5.75 Å². The van der Waals surface area contributed by atoms with Gasteiger partial charge in [-0.2, -0.15) is 24.4 Å². The molecule has 1 aromatic carbocycles. The first-order valence-electron chi connectivity index (χ1n) is 11.0. The molecule has 0 spiro atoms. The number of carbonyl (C=O) groups is 2. The molecule has 1 atom stereocenters. The number of thiol groups is 1. The van der Waals surface area contributed by atoms with Crippen LogP contribution in [-0.2, 0) is 11.3 Å². The smallest absolute Gasteiger partial charge is 0.252 e. The zero-order chi connectivity index (χ0) is 24.6. The predicted octanol–water partition coefficient (Wildman–Crippen LogP) is 3.84. The molecule has 4 N–H and O–H groups in total. The van der Waals surface area contributed by atoms with Crippen molar-refractivity contribution in [2.24, 2.45) is 5.73 Å². The molecule has 0 fully saturated rings. The van der Waals surface area contributed by atoms with E-state index in [1.165, 1.54) is 12.0 Å². The van der Waals surface area contributed by atoms with Crippen molar-refractivity contribution in [3.63, 3.8) is 0 Å². The van der Waals surface area contributed by atoms with Crippen molar-refractivity contribution in [2.75, 3.05) is 30.9 Å². The van der Waals surface area contributed by atoms with Crippen LogP contribution in [0, 0.1) is 0 Å². The van der Waals surface area contributed by atoms with E-state index in [0.717, 1.165) is 5.56 Å². The third-order valence-electron chi connectivity index (χ3n) is 4.62. The second kappa shape index (κ2) is 16.5. The molecule has 0 bridgehead atoms. The minimum absolute atomic E-state index is 0.0317. The van der Waals surface area contributed by atoms with Gasteiger partial charge in [-0.3, -0.25) is 9.59 Å². The van der Waals surface area contributed by atoms with E-state index in [1.54, 1.807) is 18.2 Å². The van der Waals surface area contributed by atoms with Crippen molar-refractivity contribution in [1.29, 1.82) is 0 Å². The molecule has 184 valence electrons. The van der Waals surface area contributed by atoms with Crippen molar-refractivity contribution in [1.82, 2.24) is 10.6 Å². The minimum atomic E-state index is -0.320. The number of rotatable bonds is 12. The SMILES string of the molecule is CC(C)c1ccc(OCCC(N)CS)cc1C(=O)NCC(=O)NCc1ccco1.CCSC. The molecule has 2 amide bonds. The number of hydrogen-bond donors (Lipinski definition) is 4. The Morgan fingerprint density at radius 1 is 1.24 bits per heavy atom. The minimum Gasteiger partial charge on any atom is -0.494 e. The van der Waals surface area contributed by atoms with Gasteiger partial charge in [-0.15, -0.1) is 0 Å². The highest BCUT2D eigenvalue weighted by molar-refractivity contribution is 7.98. The van der Waals surface area contributed by atoms with E-state index in [2.05, 4.69) is 36.4 Å². The lowest BCUT2D eigenvalue weighted by Crippen LogP contribution is -2.37. The lowest BCUT2D eigenvalue weighted by Gasteiger charge is -2.16. The maximum atomic E-state index is 12.7. The molecule has 33 heavy (non-hydrogen) atoms. The van der Waals surface area contributed by atoms with Crippen molar-refractivity contribution >= 4 is 36.2 Å². The van der Waals surface area contributed by atoms with Crippen molar-refractivity contribution in [2.45, 2.75) is 45.7 Å². The number of ether oxygens (including phenoxy) is 1. The topological polar surface area (TPSA) is 107 Å². The zero-order valence-electron chi connectivity index (χ0n) is 19.9. The normalized spacial score (nSPS) is 11.4. The molecule has 0 saturated heterocycles. The Labute approximate surface area is 207 Å². The Hall–Kier alpha value is -2.10.